The van der Waals surface area contributed by atoms with Crippen molar-refractivity contribution in [2.45, 2.75) is 18.9 Å². The summed E-state index contributed by atoms with van der Waals surface area (Å²) in [6, 6.07) is 0. The molecule has 7 nitrogen and oxygen atoms in total. The molecular weight excluding hydrogens is 308 g/mol. The minimum Gasteiger partial charge on any atom is -0.376 e. The van der Waals surface area contributed by atoms with Crippen molar-refractivity contribution in [1.29, 1.82) is 0 Å². The van der Waals surface area contributed by atoms with Crippen LogP contribution in [0.4, 0.5) is 5.95 Å². The van der Waals surface area contributed by atoms with Gasteiger partial charge in [0.2, 0.25) is 5.95 Å². The Balaban J connectivity index is 1.64. The molecule has 3 rings (SSSR count). The fourth-order valence-electron chi connectivity index (χ4n) is 2.53. The molecule has 120 valence electrons. The largest absolute Gasteiger partial charge is 0.376 e. The van der Waals surface area contributed by atoms with Crippen LogP contribution in [-0.2, 0) is 9.47 Å². The van der Waals surface area contributed by atoms with E-state index in [0.29, 0.717) is 32.3 Å². The second-order valence-electron chi connectivity index (χ2n) is 5.34. The van der Waals surface area contributed by atoms with E-state index in [2.05, 4.69) is 20.2 Å². The molecule has 22 heavy (non-hydrogen) atoms. The summed E-state index contributed by atoms with van der Waals surface area (Å²) in [5.74, 6) is 0.242. The van der Waals surface area contributed by atoms with Crippen molar-refractivity contribution in [3.05, 3.63) is 16.9 Å². The third-order valence-corrected chi connectivity index (χ3v) is 3.99. The second-order valence-corrected chi connectivity index (χ2v) is 5.75. The molecule has 2 aliphatic heterocycles. The van der Waals surface area contributed by atoms with Gasteiger partial charge in [-0.25, -0.2) is 9.97 Å². The van der Waals surface area contributed by atoms with Crippen LogP contribution < -0.4 is 10.2 Å². The van der Waals surface area contributed by atoms with E-state index < -0.39 is 0 Å². The first-order chi connectivity index (χ1) is 10.7. The first-order valence-electron chi connectivity index (χ1n) is 7.49. The molecule has 1 unspecified atom stereocenters. The lowest BCUT2D eigenvalue weighted by molar-refractivity contribution is -0.0855. The number of halogens is 1. The number of hydrogen-bond acceptors (Lipinski definition) is 6. The van der Waals surface area contributed by atoms with Crippen molar-refractivity contribution in [2.75, 3.05) is 44.4 Å². The summed E-state index contributed by atoms with van der Waals surface area (Å²) in [5, 5.41) is 3.04. The summed E-state index contributed by atoms with van der Waals surface area (Å²) in [4.78, 5) is 22.9. The quantitative estimate of drug-likeness (QED) is 0.885. The van der Waals surface area contributed by atoms with E-state index in [1.54, 1.807) is 0 Å². The highest BCUT2D eigenvalue weighted by Crippen LogP contribution is 2.19. The summed E-state index contributed by atoms with van der Waals surface area (Å²) in [6.07, 6.45) is 3.59. The number of ether oxygens (including phenoxy) is 2. The van der Waals surface area contributed by atoms with E-state index >= 15 is 0 Å². The molecule has 1 aromatic heterocycles. The van der Waals surface area contributed by atoms with Gasteiger partial charge in [0.1, 0.15) is 0 Å². The van der Waals surface area contributed by atoms with Crippen LogP contribution in [0, 0.1) is 0 Å². The second kappa shape index (κ2) is 7.21. The first-order valence-corrected chi connectivity index (χ1v) is 7.87. The number of anilines is 1. The highest BCUT2D eigenvalue weighted by atomic mass is 35.5. The van der Waals surface area contributed by atoms with Crippen LogP contribution in [0.25, 0.3) is 0 Å². The smallest absolute Gasteiger partial charge is 0.271 e. The monoisotopic (exact) mass is 326 g/mol. The third kappa shape index (κ3) is 3.66. The van der Waals surface area contributed by atoms with E-state index in [1.807, 2.05) is 0 Å². The number of carbonyl (C=O) groups is 1. The number of hydrogen-bond donors (Lipinski definition) is 1. The summed E-state index contributed by atoms with van der Waals surface area (Å²) >= 11 is 6.06. The van der Waals surface area contributed by atoms with Crippen molar-refractivity contribution in [3.8, 4) is 0 Å². The lowest BCUT2D eigenvalue weighted by Gasteiger charge is -2.23. The number of carbonyl (C=O) groups excluding carboxylic acids is 1. The van der Waals surface area contributed by atoms with Crippen molar-refractivity contribution in [1.82, 2.24) is 15.3 Å². The Hall–Kier alpha value is -1.44. The lowest BCUT2D eigenvalue weighted by Crippen LogP contribution is -2.40. The van der Waals surface area contributed by atoms with Gasteiger partial charge in [-0.15, -0.1) is 0 Å². The zero-order valence-corrected chi connectivity index (χ0v) is 13.0. The molecule has 0 bridgehead atoms. The van der Waals surface area contributed by atoms with Gasteiger partial charge >= 0.3 is 0 Å². The molecule has 0 radical (unpaired) electrons. The SMILES string of the molecule is O=C(NCC1COCCO1)c1nc(N2CCCC2)ncc1Cl. The average molecular weight is 327 g/mol. The topological polar surface area (TPSA) is 76.6 Å². The normalized spacial score (nSPS) is 21.9. The molecule has 1 aromatic rings. The van der Waals surface area contributed by atoms with Crippen LogP contribution in [0.1, 0.15) is 23.3 Å². The molecule has 2 saturated heterocycles. The number of nitrogens with zero attached hydrogens (tertiary/aromatic N) is 3. The van der Waals surface area contributed by atoms with E-state index in [9.17, 15) is 4.79 Å². The molecule has 0 aromatic carbocycles. The van der Waals surface area contributed by atoms with Gasteiger partial charge in [0.15, 0.2) is 5.69 Å². The minimum atomic E-state index is -0.318. The molecule has 1 amide bonds. The first kappa shape index (κ1) is 15.5. The van der Waals surface area contributed by atoms with E-state index in [0.717, 1.165) is 25.9 Å². The molecule has 2 fully saturated rings. The Labute approximate surface area is 134 Å². The number of nitrogens with one attached hydrogen (secondary N) is 1. The maximum Gasteiger partial charge on any atom is 0.271 e. The van der Waals surface area contributed by atoms with Crippen LogP contribution in [0.2, 0.25) is 5.02 Å². The third-order valence-electron chi connectivity index (χ3n) is 3.71. The van der Waals surface area contributed by atoms with Crippen LogP contribution in [-0.4, -0.2) is 61.4 Å². The highest BCUT2D eigenvalue weighted by Gasteiger charge is 2.21. The average Bonchev–Trinajstić information content (AvgIpc) is 3.08. The van der Waals surface area contributed by atoms with Crippen LogP contribution in [0.15, 0.2) is 6.20 Å². The van der Waals surface area contributed by atoms with Crippen molar-refractivity contribution in [2.24, 2.45) is 0 Å². The standard InChI is InChI=1S/C14H19ClN4O3/c15-11-8-17-14(19-3-1-2-4-19)18-12(11)13(20)16-7-10-9-21-5-6-22-10/h8,10H,1-7,9H2,(H,16,20). The van der Waals surface area contributed by atoms with Gasteiger partial charge in [0, 0.05) is 19.6 Å². The Morgan fingerprint density at radius 2 is 2.23 bits per heavy atom. The van der Waals surface area contributed by atoms with Gasteiger partial charge in [-0.05, 0) is 12.8 Å². The summed E-state index contributed by atoms with van der Waals surface area (Å²) < 4.78 is 10.8. The number of amides is 1. The molecule has 2 aliphatic rings. The lowest BCUT2D eigenvalue weighted by atomic mass is 10.3. The molecule has 8 heteroatoms. The predicted molar refractivity (Wildman–Crippen MR) is 81.4 cm³/mol. The van der Waals surface area contributed by atoms with Crippen LogP contribution in [0.5, 0.6) is 0 Å². The van der Waals surface area contributed by atoms with Crippen LogP contribution in [0.3, 0.4) is 0 Å². The molecule has 1 N–H and O–H groups in total. The highest BCUT2D eigenvalue weighted by molar-refractivity contribution is 6.33. The summed E-state index contributed by atoms with van der Waals surface area (Å²) in [5.41, 5.74) is 0.204. The van der Waals surface area contributed by atoms with Crippen molar-refractivity contribution in [3.63, 3.8) is 0 Å². The Morgan fingerprint density at radius 3 is 2.95 bits per heavy atom. The molecule has 0 aliphatic carbocycles. The summed E-state index contributed by atoms with van der Waals surface area (Å²) in [7, 11) is 0. The van der Waals surface area contributed by atoms with E-state index in [-0.39, 0.29) is 22.7 Å². The maximum absolute atomic E-state index is 12.3. The van der Waals surface area contributed by atoms with Gasteiger partial charge in [-0.3, -0.25) is 4.79 Å². The van der Waals surface area contributed by atoms with Gasteiger partial charge < -0.3 is 19.7 Å². The maximum atomic E-state index is 12.3. The summed E-state index contributed by atoms with van der Waals surface area (Å²) in [6.45, 7) is 3.83. The number of aromatic nitrogens is 2. The Kier molecular flexibility index (Phi) is 5.07. The fourth-order valence-corrected chi connectivity index (χ4v) is 2.71. The van der Waals surface area contributed by atoms with Gasteiger partial charge in [-0.2, -0.15) is 0 Å². The Morgan fingerprint density at radius 1 is 1.41 bits per heavy atom. The molecule has 3 heterocycles. The minimum absolute atomic E-state index is 0.128. The van der Waals surface area contributed by atoms with Gasteiger partial charge in [0.05, 0.1) is 37.1 Å². The zero-order chi connectivity index (χ0) is 15.4. The van der Waals surface area contributed by atoms with Crippen LogP contribution >= 0.6 is 11.6 Å². The van der Waals surface area contributed by atoms with Gasteiger partial charge in [0.25, 0.3) is 5.91 Å². The predicted octanol–water partition coefficient (Wildman–Crippen LogP) is 0.875. The van der Waals surface area contributed by atoms with Gasteiger partial charge in [-0.1, -0.05) is 11.6 Å². The van der Waals surface area contributed by atoms with Crippen molar-refractivity contribution < 1.29 is 14.3 Å². The zero-order valence-electron chi connectivity index (χ0n) is 12.3. The fraction of sp³-hybridized carbons (Fsp3) is 0.643. The molecule has 1 atom stereocenters. The Bertz CT molecular complexity index is 531. The van der Waals surface area contributed by atoms with E-state index in [1.165, 1.54) is 6.20 Å². The molecule has 0 saturated carbocycles. The van der Waals surface area contributed by atoms with Crippen molar-refractivity contribution >= 4 is 23.5 Å². The number of rotatable bonds is 4. The molecular formula is C14H19ClN4O3. The molecule has 0 spiro atoms. The van der Waals surface area contributed by atoms with E-state index in [4.69, 9.17) is 21.1 Å².